The number of rotatable bonds is 3. The van der Waals surface area contributed by atoms with Gasteiger partial charge in [0, 0.05) is 15.6 Å². The van der Waals surface area contributed by atoms with Crippen LogP contribution in [0.1, 0.15) is 10.4 Å². The largest absolute Gasteiger partial charge is 0.446 e. The fourth-order valence-electron chi connectivity index (χ4n) is 1.63. The Kier molecular flexibility index (Phi) is 4.80. The first kappa shape index (κ1) is 15.7. The second-order valence-corrected chi connectivity index (χ2v) is 5.55. The van der Waals surface area contributed by atoms with Crippen LogP contribution < -0.4 is 5.32 Å². The number of thioether (sulfide) groups is 1. The van der Waals surface area contributed by atoms with Crippen molar-refractivity contribution >= 4 is 35.0 Å². The van der Waals surface area contributed by atoms with Crippen molar-refractivity contribution in [2.45, 2.75) is 10.4 Å². The molecule has 21 heavy (non-hydrogen) atoms. The molecule has 0 radical (unpaired) electrons. The molecular weight excluding hydrogens is 323 g/mol. The van der Waals surface area contributed by atoms with Crippen LogP contribution in [-0.4, -0.2) is 11.4 Å². The zero-order valence-corrected chi connectivity index (χ0v) is 12.0. The van der Waals surface area contributed by atoms with E-state index in [4.69, 9.17) is 11.6 Å². The van der Waals surface area contributed by atoms with Crippen LogP contribution >= 0.6 is 23.4 Å². The van der Waals surface area contributed by atoms with Crippen molar-refractivity contribution in [2.75, 3.05) is 5.32 Å². The lowest BCUT2D eigenvalue weighted by molar-refractivity contribution is -0.0328. The van der Waals surface area contributed by atoms with E-state index in [2.05, 4.69) is 5.32 Å². The van der Waals surface area contributed by atoms with Crippen LogP contribution in [0.25, 0.3) is 0 Å². The summed E-state index contributed by atoms with van der Waals surface area (Å²) in [6, 6.07) is 11.9. The van der Waals surface area contributed by atoms with Gasteiger partial charge in [-0.15, -0.1) is 0 Å². The van der Waals surface area contributed by atoms with E-state index in [-0.39, 0.29) is 22.2 Å². The second-order valence-electron chi connectivity index (χ2n) is 4.01. The second kappa shape index (κ2) is 6.41. The topological polar surface area (TPSA) is 29.1 Å². The van der Waals surface area contributed by atoms with E-state index >= 15 is 0 Å². The lowest BCUT2D eigenvalue weighted by atomic mass is 10.2. The highest BCUT2D eigenvalue weighted by Crippen LogP contribution is 2.38. The van der Waals surface area contributed by atoms with Crippen LogP contribution in [0, 0.1) is 0 Å². The molecule has 0 unspecified atom stereocenters. The molecule has 110 valence electrons. The van der Waals surface area contributed by atoms with Crippen molar-refractivity contribution in [3.63, 3.8) is 0 Å². The number of nitrogens with one attached hydrogen (secondary N) is 1. The van der Waals surface area contributed by atoms with Crippen molar-refractivity contribution in [1.29, 1.82) is 0 Å². The van der Waals surface area contributed by atoms with Crippen LogP contribution in [-0.2, 0) is 0 Å². The monoisotopic (exact) mass is 331 g/mol. The first-order chi connectivity index (χ1) is 9.85. The lowest BCUT2D eigenvalue weighted by Gasteiger charge is -2.11. The van der Waals surface area contributed by atoms with Gasteiger partial charge in [-0.3, -0.25) is 4.79 Å². The molecule has 1 N–H and O–H groups in total. The predicted octanol–water partition coefficient (Wildman–Crippen LogP) is 5.20. The molecule has 0 aliphatic heterocycles. The minimum absolute atomic E-state index is 0.0419. The van der Waals surface area contributed by atoms with Gasteiger partial charge < -0.3 is 5.32 Å². The lowest BCUT2D eigenvalue weighted by Crippen LogP contribution is -2.14. The normalized spacial score (nSPS) is 11.2. The molecule has 0 aromatic heterocycles. The van der Waals surface area contributed by atoms with Crippen molar-refractivity contribution in [3.8, 4) is 0 Å². The molecule has 0 spiro atoms. The minimum Gasteiger partial charge on any atom is -0.322 e. The van der Waals surface area contributed by atoms with Gasteiger partial charge in [0.05, 0.1) is 5.56 Å². The van der Waals surface area contributed by atoms with E-state index in [1.807, 2.05) is 0 Å². The van der Waals surface area contributed by atoms with Crippen molar-refractivity contribution in [2.24, 2.45) is 0 Å². The van der Waals surface area contributed by atoms with Gasteiger partial charge in [0.1, 0.15) is 0 Å². The Morgan fingerprint density at radius 1 is 1.10 bits per heavy atom. The highest BCUT2D eigenvalue weighted by atomic mass is 35.5. The molecule has 0 bridgehead atoms. The maximum absolute atomic E-state index is 12.5. The molecule has 0 fully saturated rings. The van der Waals surface area contributed by atoms with Crippen LogP contribution in [0.15, 0.2) is 53.4 Å². The van der Waals surface area contributed by atoms with Crippen LogP contribution in [0.5, 0.6) is 0 Å². The molecule has 0 heterocycles. The summed E-state index contributed by atoms with van der Waals surface area (Å²) in [6.45, 7) is 0. The van der Waals surface area contributed by atoms with Crippen molar-refractivity contribution in [1.82, 2.24) is 0 Å². The predicted molar refractivity (Wildman–Crippen MR) is 77.8 cm³/mol. The summed E-state index contributed by atoms with van der Waals surface area (Å²) >= 11 is 5.47. The number of alkyl halides is 3. The number of hydrogen-bond donors (Lipinski definition) is 1. The summed E-state index contributed by atoms with van der Waals surface area (Å²) in [4.78, 5) is 11.9. The summed E-state index contributed by atoms with van der Waals surface area (Å²) in [5.74, 6) is -0.621. The smallest absolute Gasteiger partial charge is 0.322 e. The molecular formula is C14H9ClF3NOS. The highest BCUT2D eigenvalue weighted by Gasteiger charge is 2.31. The van der Waals surface area contributed by atoms with Gasteiger partial charge in [0.25, 0.3) is 5.91 Å². The maximum atomic E-state index is 12.5. The van der Waals surface area contributed by atoms with Gasteiger partial charge in [-0.25, -0.2) is 0 Å². The maximum Gasteiger partial charge on any atom is 0.446 e. The summed E-state index contributed by atoms with van der Waals surface area (Å²) in [6.07, 6.45) is 0. The van der Waals surface area contributed by atoms with E-state index < -0.39 is 11.4 Å². The van der Waals surface area contributed by atoms with Crippen LogP contribution in [0.3, 0.4) is 0 Å². The summed E-state index contributed by atoms with van der Waals surface area (Å²) in [7, 11) is 0. The Bertz CT molecular complexity index is 661. The highest BCUT2D eigenvalue weighted by molar-refractivity contribution is 8.00. The number of anilines is 1. The summed E-state index contributed by atoms with van der Waals surface area (Å²) in [5, 5.41) is 2.94. The Morgan fingerprint density at radius 3 is 2.48 bits per heavy atom. The Hall–Kier alpha value is -1.66. The molecule has 2 aromatic rings. The molecule has 7 heteroatoms. The van der Waals surface area contributed by atoms with E-state index in [9.17, 15) is 18.0 Å². The molecule has 0 aliphatic carbocycles. The number of carbonyl (C=O) groups is 1. The first-order valence-corrected chi connectivity index (χ1v) is 6.96. The van der Waals surface area contributed by atoms with E-state index in [0.29, 0.717) is 10.7 Å². The molecule has 2 nitrogen and oxygen atoms in total. The number of carbonyl (C=O) groups excluding carboxylic acids is 1. The van der Waals surface area contributed by atoms with Gasteiger partial charge in [0.2, 0.25) is 0 Å². The third kappa shape index (κ3) is 4.68. The average Bonchev–Trinajstić information content (AvgIpc) is 2.37. The molecule has 0 aliphatic rings. The third-order valence-electron chi connectivity index (χ3n) is 2.44. The first-order valence-electron chi connectivity index (χ1n) is 5.77. The number of hydrogen-bond acceptors (Lipinski definition) is 2. The zero-order chi connectivity index (χ0) is 15.5. The van der Waals surface area contributed by atoms with Gasteiger partial charge in [0.15, 0.2) is 0 Å². The standard InChI is InChI=1S/C14H9ClF3NOS/c15-9-4-3-5-10(8-9)19-13(20)11-6-1-2-7-12(11)21-14(16,17)18/h1-8H,(H,19,20). The number of amides is 1. The Labute approximate surface area is 128 Å². The van der Waals surface area contributed by atoms with Gasteiger partial charge in [-0.2, -0.15) is 13.2 Å². The van der Waals surface area contributed by atoms with E-state index in [0.717, 1.165) is 0 Å². The van der Waals surface area contributed by atoms with Gasteiger partial charge in [-0.05, 0) is 42.1 Å². The zero-order valence-electron chi connectivity index (χ0n) is 10.4. The fraction of sp³-hybridized carbons (Fsp3) is 0.0714. The molecule has 0 atom stereocenters. The van der Waals surface area contributed by atoms with Crippen molar-refractivity contribution in [3.05, 3.63) is 59.1 Å². The van der Waals surface area contributed by atoms with E-state index in [1.165, 1.54) is 30.3 Å². The average molecular weight is 332 g/mol. The Balaban J connectivity index is 2.23. The van der Waals surface area contributed by atoms with Gasteiger partial charge >= 0.3 is 5.51 Å². The Morgan fingerprint density at radius 2 is 1.81 bits per heavy atom. The molecule has 0 saturated carbocycles. The fourth-order valence-corrected chi connectivity index (χ4v) is 2.49. The summed E-state index contributed by atoms with van der Waals surface area (Å²) < 4.78 is 37.4. The van der Waals surface area contributed by atoms with Gasteiger partial charge in [-0.1, -0.05) is 29.8 Å². The number of halogens is 4. The van der Waals surface area contributed by atoms with E-state index in [1.54, 1.807) is 18.2 Å². The van der Waals surface area contributed by atoms with Crippen molar-refractivity contribution < 1.29 is 18.0 Å². The molecule has 0 saturated heterocycles. The van der Waals surface area contributed by atoms with Crippen LogP contribution in [0.4, 0.5) is 18.9 Å². The van der Waals surface area contributed by atoms with Crippen LogP contribution in [0.2, 0.25) is 5.02 Å². The SMILES string of the molecule is O=C(Nc1cccc(Cl)c1)c1ccccc1SC(F)(F)F. The molecule has 1 amide bonds. The molecule has 2 aromatic carbocycles. The number of benzene rings is 2. The molecule has 2 rings (SSSR count). The summed E-state index contributed by atoms with van der Waals surface area (Å²) in [5.41, 5.74) is -4.08. The third-order valence-corrected chi connectivity index (χ3v) is 3.48. The minimum atomic E-state index is -4.45. The quantitative estimate of drug-likeness (QED) is 0.783.